The standard InChI is InChI=1S/C25H39NO/c1-16(26-6)17-9-11-23(5)19-8-7-18-21(2,3)20(27)10-12-24(18)15-25(19,24)14-13-22(17,23)4/h10,12,16-19,26H,7-9,11,13-15H2,1-6H3/t16-,17-,18+,19+,22-,23+,24+,25?/m1/s1. The quantitative estimate of drug-likeness (QED) is 0.708. The van der Waals surface area contributed by atoms with Crippen molar-refractivity contribution in [1.82, 2.24) is 5.32 Å². The fourth-order valence-corrected chi connectivity index (χ4v) is 9.66. The van der Waals surface area contributed by atoms with Gasteiger partial charge in [-0.05, 0) is 104 Å². The molecule has 5 aliphatic rings. The summed E-state index contributed by atoms with van der Waals surface area (Å²) in [5.41, 5.74) is 1.60. The number of hydrogen-bond donors (Lipinski definition) is 1. The Kier molecular flexibility index (Phi) is 3.47. The summed E-state index contributed by atoms with van der Waals surface area (Å²) in [7, 11) is 2.14. The Morgan fingerprint density at radius 2 is 1.70 bits per heavy atom. The van der Waals surface area contributed by atoms with Gasteiger partial charge in [-0.25, -0.2) is 0 Å². The molecule has 0 amide bonds. The second-order valence-corrected chi connectivity index (χ2v) is 12.0. The third kappa shape index (κ3) is 1.82. The van der Waals surface area contributed by atoms with Crippen LogP contribution in [0.4, 0.5) is 0 Å². The summed E-state index contributed by atoms with van der Waals surface area (Å²) >= 11 is 0. The molecule has 5 aliphatic carbocycles. The first-order valence-corrected chi connectivity index (χ1v) is 11.5. The third-order valence-corrected chi connectivity index (χ3v) is 11.5. The number of hydrogen-bond acceptors (Lipinski definition) is 2. The molecule has 2 nitrogen and oxygen atoms in total. The van der Waals surface area contributed by atoms with Crippen LogP contribution in [0.5, 0.6) is 0 Å². The molecule has 1 unspecified atom stereocenters. The molecule has 5 rings (SSSR count). The van der Waals surface area contributed by atoms with Crippen LogP contribution in [-0.4, -0.2) is 18.9 Å². The van der Waals surface area contributed by atoms with Gasteiger partial charge >= 0.3 is 0 Å². The van der Waals surface area contributed by atoms with Crippen molar-refractivity contribution in [2.75, 3.05) is 7.05 Å². The molecule has 2 heteroatoms. The summed E-state index contributed by atoms with van der Waals surface area (Å²) in [6.07, 6.45) is 13.9. The highest BCUT2D eigenvalue weighted by Crippen LogP contribution is 2.87. The zero-order valence-corrected chi connectivity index (χ0v) is 18.3. The van der Waals surface area contributed by atoms with Gasteiger partial charge in [-0.3, -0.25) is 4.79 Å². The molecule has 2 spiro atoms. The fraction of sp³-hybridized carbons (Fsp3) is 0.880. The van der Waals surface area contributed by atoms with Gasteiger partial charge in [0.05, 0.1) is 0 Å². The second kappa shape index (κ2) is 5.10. The van der Waals surface area contributed by atoms with Gasteiger partial charge in [0.15, 0.2) is 5.78 Å². The summed E-state index contributed by atoms with van der Waals surface area (Å²) in [5.74, 6) is 2.59. The van der Waals surface area contributed by atoms with Gasteiger partial charge in [0.2, 0.25) is 0 Å². The number of carbonyl (C=O) groups excluding carboxylic acids is 1. The van der Waals surface area contributed by atoms with E-state index in [4.69, 9.17) is 0 Å². The number of fused-ring (bicyclic) bond motifs is 2. The smallest absolute Gasteiger partial charge is 0.161 e. The highest BCUT2D eigenvalue weighted by Gasteiger charge is 2.81. The molecule has 27 heavy (non-hydrogen) atoms. The molecular formula is C25H39NO. The van der Waals surface area contributed by atoms with E-state index in [-0.39, 0.29) is 5.41 Å². The predicted octanol–water partition coefficient (Wildman–Crippen LogP) is 5.38. The second-order valence-electron chi connectivity index (χ2n) is 12.0. The van der Waals surface area contributed by atoms with E-state index in [0.717, 1.165) is 11.8 Å². The third-order valence-electron chi connectivity index (χ3n) is 11.5. The summed E-state index contributed by atoms with van der Waals surface area (Å²) < 4.78 is 0. The molecular weight excluding hydrogens is 330 g/mol. The molecule has 0 aromatic heterocycles. The lowest BCUT2D eigenvalue weighted by Gasteiger charge is -2.62. The Labute approximate surface area is 165 Å². The lowest BCUT2D eigenvalue weighted by molar-refractivity contribution is -0.140. The topological polar surface area (TPSA) is 29.1 Å². The lowest BCUT2D eigenvalue weighted by atomic mass is 9.42. The summed E-state index contributed by atoms with van der Waals surface area (Å²) in [5, 5.41) is 3.59. The van der Waals surface area contributed by atoms with Crippen molar-refractivity contribution < 1.29 is 4.79 Å². The normalized spacial score (nSPS) is 55.9. The SMILES string of the molecule is CN[C@H](C)[C@H]1CC[C@@]2(C)[C@@H]3CC[C@H]4C(C)(C)C(=O)C=C[C@]45CC35CC[C@]12C. The van der Waals surface area contributed by atoms with Gasteiger partial charge in [-0.2, -0.15) is 0 Å². The van der Waals surface area contributed by atoms with E-state index in [1.54, 1.807) is 0 Å². The molecule has 0 heterocycles. The van der Waals surface area contributed by atoms with E-state index in [1.165, 1.54) is 44.9 Å². The Morgan fingerprint density at radius 1 is 1.00 bits per heavy atom. The summed E-state index contributed by atoms with van der Waals surface area (Å²) in [6.45, 7) is 12.2. The molecule has 150 valence electrons. The average molecular weight is 370 g/mol. The molecule has 4 saturated carbocycles. The molecule has 0 aromatic rings. The zero-order chi connectivity index (χ0) is 19.5. The Hall–Kier alpha value is -0.630. The van der Waals surface area contributed by atoms with Crippen molar-refractivity contribution in [3.8, 4) is 0 Å². The van der Waals surface area contributed by atoms with Gasteiger partial charge in [0.25, 0.3) is 0 Å². The van der Waals surface area contributed by atoms with Gasteiger partial charge in [-0.1, -0.05) is 33.8 Å². The fourth-order valence-electron chi connectivity index (χ4n) is 9.66. The molecule has 0 bridgehead atoms. The van der Waals surface area contributed by atoms with Crippen LogP contribution >= 0.6 is 0 Å². The maximum atomic E-state index is 12.6. The van der Waals surface area contributed by atoms with Crippen LogP contribution in [0.3, 0.4) is 0 Å². The van der Waals surface area contributed by atoms with Crippen LogP contribution in [0.1, 0.15) is 79.6 Å². The first-order chi connectivity index (χ1) is 12.6. The van der Waals surface area contributed by atoms with Crippen LogP contribution in [0.25, 0.3) is 0 Å². The summed E-state index contributed by atoms with van der Waals surface area (Å²) in [4.78, 5) is 12.6. The van der Waals surface area contributed by atoms with Crippen molar-refractivity contribution in [3.05, 3.63) is 12.2 Å². The first kappa shape index (κ1) is 18.4. The van der Waals surface area contributed by atoms with Crippen molar-refractivity contribution in [2.45, 2.75) is 85.6 Å². The Morgan fingerprint density at radius 3 is 2.41 bits per heavy atom. The first-order valence-electron chi connectivity index (χ1n) is 11.5. The molecule has 0 aromatic carbocycles. The van der Waals surface area contributed by atoms with Crippen LogP contribution in [0.2, 0.25) is 0 Å². The van der Waals surface area contributed by atoms with Gasteiger partial charge in [-0.15, -0.1) is 0 Å². The molecule has 8 atom stereocenters. The Bertz CT molecular complexity index is 724. The van der Waals surface area contributed by atoms with Crippen LogP contribution in [-0.2, 0) is 4.79 Å². The van der Waals surface area contributed by atoms with E-state index in [9.17, 15) is 4.79 Å². The summed E-state index contributed by atoms with van der Waals surface area (Å²) in [6, 6.07) is 0.613. The van der Waals surface area contributed by atoms with Crippen LogP contribution < -0.4 is 5.32 Å². The molecule has 0 saturated heterocycles. The van der Waals surface area contributed by atoms with Gasteiger partial charge in [0.1, 0.15) is 0 Å². The molecule has 4 fully saturated rings. The van der Waals surface area contributed by atoms with Gasteiger partial charge < -0.3 is 5.32 Å². The Balaban J connectivity index is 1.55. The minimum absolute atomic E-state index is 0.163. The minimum atomic E-state index is -0.163. The molecule has 0 aliphatic heterocycles. The monoisotopic (exact) mass is 369 g/mol. The van der Waals surface area contributed by atoms with E-state index in [2.05, 4.69) is 53.1 Å². The predicted molar refractivity (Wildman–Crippen MR) is 110 cm³/mol. The van der Waals surface area contributed by atoms with Crippen molar-refractivity contribution in [1.29, 1.82) is 0 Å². The number of ketones is 1. The highest BCUT2D eigenvalue weighted by molar-refractivity contribution is 5.96. The van der Waals surface area contributed by atoms with Gasteiger partial charge in [0, 0.05) is 11.5 Å². The molecule has 0 radical (unpaired) electrons. The number of nitrogens with one attached hydrogen (secondary N) is 1. The lowest BCUT2D eigenvalue weighted by Crippen LogP contribution is -2.57. The molecule has 1 N–H and O–H groups in total. The highest BCUT2D eigenvalue weighted by atomic mass is 16.1. The van der Waals surface area contributed by atoms with Crippen molar-refractivity contribution in [3.63, 3.8) is 0 Å². The van der Waals surface area contributed by atoms with E-state index < -0.39 is 0 Å². The van der Waals surface area contributed by atoms with Crippen molar-refractivity contribution >= 4 is 5.78 Å². The maximum Gasteiger partial charge on any atom is 0.161 e. The van der Waals surface area contributed by atoms with Crippen LogP contribution in [0.15, 0.2) is 12.2 Å². The van der Waals surface area contributed by atoms with Crippen LogP contribution in [0, 0.1) is 44.8 Å². The minimum Gasteiger partial charge on any atom is -0.317 e. The van der Waals surface area contributed by atoms with E-state index in [0.29, 0.717) is 39.4 Å². The number of rotatable bonds is 2. The maximum absolute atomic E-state index is 12.6. The number of carbonyl (C=O) groups is 1. The van der Waals surface area contributed by atoms with E-state index in [1.807, 2.05) is 6.08 Å². The zero-order valence-electron chi connectivity index (χ0n) is 18.3. The van der Waals surface area contributed by atoms with E-state index >= 15 is 0 Å². The average Bonchev–Trinajstić information content (AvgIpc) is 3.21. The van der Waals surface area contributed by atoms with Crippen molar-refractivity contribution in [2.24, 2.45) is 44.8 Å². The number of allylic oxidation sites excluding steroid dienone is 2. The largest absolute Gasteiger partial charge is 0.317 e.